The van der Waals surface area contributed by atoms with E-state index in [1.807, 2.05) is 17.0 Å². The van der Waals surface area contributed by atoms with Crippen molar-refractivity contribution in [2.45, 2.75) is 12.6 Å². The Balaban J connectivity index is 1.41. The molecule has 2 amide bonds. The first-order valence-electron chi connectivity index (χ1n) is 11.4. The van der Waals surface area contributed by atoms with Crippen molar-refractivity contribution in [3.8, 4) is 11.5 Å². The zero-order valence-corrected chi connectivity index (χ0v) is 19.1. The first kappa shape index (κ1) is 23.7. The second kappa shape index (κ2) is 9.52. The molecule has 0 atom stereocenters. The van der Waals surface area contributed by atoms with Crippen molar-refractivity contribution < 1.29 is 27.1 Å². The van der Waals surface area contributed by atoms with Crippen molar-refractivity contribution in [2.75, 3.05) is 31.5 Å². The van der Waals surface area contributed by atoms with E-state index in [1.54, 1.807) is 23.1 Å². The van der Waals surface area contributed by atoms with Crippen LogP contribution in [-0.4, -0.2) is 47.8 Å². The second-order valence-electron chi connectivity index (χ2n) is 8.48. The molecule has 0 aliphatic carbocycles. The number of hydrogen-bond donors (Lipinski definition) is 1. The highest BCUT2D eigenvalue weighted by Gasteiger charge is 2.32. The number of nitrogens with zero attached hydrogens (tertiary/aromatic N) is 3. The normalized spacial score (nSPS) is 15.6. The zero-order chi connectivity index (χ0) is 25.3. The average Bonchev–Trinajstić information content (AvgIpc) is 3.18. The van der Waals surface area contributed by atoms with E-state index in [-0.39, 0.29) is 17.5 Å². The maximum Gasteiger partial charge on any atom is 0.416 e. The van der Waals surface area contributed by atoms with Crippen molar-refractivity contribution in [3.05, 3.63) is 83.7 Å². The van der Waals surface area contributed by atoms with E-state index >= 15 is 0 Å². The van der Waals surface area contributed by atoms with Crippen LogP contribution in [-0.2, 0) is 6.18 Å². The summed E-state index contributed by atoms with van der Waals surface area (Å²) in [4.78, 5) is 21.0. The average molecular weight is 498 g/mol. The molecule has 2 aliphatic heterocycles. The van der Waals surface area contributed by atoms with Gasteiger partial charge in [-0.3, -0.25) is 0 Å². The van der Waals surface area contributed by atoms with Gasteiger partial charge in [0.15, 0.2) is 5.75 Å². The minimum absolute atomic E-state index is 0.0842. The minimum atomic E-state index is -4.51. The molecule has 1 N–H and O–H groups in total. The molecule has 0 bridgehead atoms. The number of alkyl halides is 3. The summed E-state index contributed by atoms with van der Waals surface area (Å²) in [5.41, 5.74) is 0.285. The lowest BCUT2D eigenvalue weighted by atomic mass is 10.1. The number of fused-ring (bicyclic) bond motifs is 2. The summed E-state index contributed by atoms with van der Waals surface area (Å²) in [6, 6.07) is 15.7. The molecule has 3 aromatic carbocycles. The largest absolute Gasteiger partial charge is 0.454 e. The van der Waals surface area contributed by atoms with E-state index in [1.165, 1.54) is 24.3 Å². The van der Waals surface area contributed by atoms with Crippen molar-refractivity contribution in [1.29, 1.82) is 0 Å². The first-order valence-corrected chi connectivity index (χ1v) is 11.4. The van der Waals surface area contributed by atoms with Gasteiger partial charge in [0, 0.05) is 31.9 Å². The topological polar surface area (TPSA) is 57.2 Å². The van der Waals surface area contributed by atoms with Gasteiger partial charge in [0.25, 0.3) is 0 Å². The number of nitrogens with one attached hydrogen (secondary N) is 1. The number of carbonyl (C=O) groups excluding carboxylic acids is 1. The van der Waals surface area contributed by atoms with Crippen molar-refractivity contribution >= 4 is 23.2 Å². The third-order valence-electron chi connectivity index (χ3n) is 6.02. The number of para-hydroxylation sites is 1. The molecule has 0 spiro atoms. The van der Waals surface area contributed by atoms with Gasteiger partial charge in [0.05, 0.1) is 11.1 Å². The summed E-state index contributed by atoms with van der Waals surface area (Å²) in [5, 5.41) is 2.71. The van der Waals surface area contributed by atoms with Crippen LogP contribution >= 0.6 is 0 Å². The Morgan fingerprint density at radius 3 is 2.56 bits per heavy atom. The van der Waals surface area contributed by atoms with Gasteiger partial charge in [-0.05, 0) is 55.0 Å². The molecule has 0 saturated carbocycles. The lowest BCUT2D eigenvalue weighted by Gasteiger charge is -2.25. The number of benzene rings is 3. The molecule has 0 aromatic heterocycles. The predicted octanol–water partition coefficient (Wildman–Crippen LogP) is 6.27. The number of urea groups is 1. The highest BCUT2D eigenvalue weighted by molar-refractivity contribution is 6.03. The fourth-order valence-corrected chi connectivity index (χ4v) is 4.24. The van der Waals surface area contributed by atoms with E-state index in [0.29, 0.717) is 55.4 Å². The van der Waals surface area contributed by atoms with Crippen LogP contribution in [0.1, 0.15) is 17.5 Å². The van der Waals surface area contributed by atoms with Gasteiger partial charge in [-0.1, -0.05) is 18.2 Å². The van der Waals surface area contributed by atoms with Crippen LogP contribution < -0.4 is 10.1 Å². The van der Waals surface area contributed by atoms with Gasteiger partial charge in [-0.15, -0.1) is 0 Å². The van der Waals surface area contributed by atoms with E-state index in [2.05, 4.69) is 10.3 Å². The predicted molar refractivity (Wildman–Crippen MR) is 127 cm³/mol. The molecule has 2 heterocycles. The fraction of sp³-hybridized carbons (Fsp3) is 0.231. The highest BCUT2D eigenvalue weighted by Crippen LogP contribution is 2.41. The number of aliphatic imine (C=N–C) groups is 1. The summed E-state index contributed by atoms with van der Waals surface area (Å²) in [7, 11) is 0. The van der Waals surface area contributed by atoms with Crippen molar-refractivity contribution in [1.82, 2.24) is 9.80 Å². The van der Waals surface area contributed by atoms with Crippen LogP contribution in [0.3, 0.4) is 0 Å². The molecule has 3 aromatic rings. The zero-order valence-electron chi connectivity index (χ0n) is 19.1. The van der Waals surface area contributed by atoms with Crippen LogP contribution in [0.25, 0.3) is 0 Å². The molecule has 10 heteroatoms. The summed E-state index contributed by atoms with van der Waals surface area (Å²) >= 11 is 0. The Hall–Kier alpha value is -4.08. The third-order valence-corrected chi connectivity index (χ3v) is 6.02. The maximum atomic E-state index is 13.5. The minimum Gasteiger partial charge on any atom is -0.454 e. The Labute approximate surface area is 204 Å². The lowest BCUT2D eigenvalue weighted by Crippen LogP contribution is -2.39. The molecule has 186 valence electrons. The molecule has 0 radical (unpaired) electrons. The molecule has 6 nitrogen and oxygen atoms in total. The molecule has 1 fully saturated rings. The standard InChI is InChI=1S/C26H22F4N4O2/c27-18-5-3-6-19(16-18)31-25(35)34-12-4-11-33(13-14-34)24-20-7-1-2-8-22(20)36-23-10-9-17(26(28,29)30)15-21(23)32-24/h1-3,5-10,15-16H,4,11-14H2,(H,31,35). The van der Waals surface area contributed by atoms with E-state index in [0.717, 1.165) is 12.1 Å². The number of rotatable bonds is 1. The number of hydrogen-bond acceptors (Lipinski definition) is 4. The van der Waals surface area contributed by atoms with Gasteiger partial charge in [0.2, 0.25) is 0 Å². The second-order valence-corrected chi connectivity index (χ2v) is 8.48. The molecule has 36 heavy (non-hydrogen) atoms. The summed E-state index contributed by atoms with van der Waals surface area (Å²) in [6.45, 7) is 1.74. The quantitative estimate of drug-likeness (QED) is 0.403. The van der Waals surface area contributed by atoms with Crippen LogP contribution in [0.4, 0.5) is 33.7 Å². The monoisotopic (exact) mass is 498 g/mol. The van der Waals surface area contributed by atoms with Gasteiger partial charge < -0.3 is 19.9 Å². The Morgan fingerprint density at radius 2 is 1.75 bits per heavy atom. The highest BCUT2D eigenvalue weighted by atomic mass is 19.4. The Kier molecular flexibility index (Phi) is 6.26. The van der Waals surface area contributed by atoms with Gasteiger partial charge in [0.1, 0.15) is 23.1 Å². The van der Waals surface area contributed by atoms with Crippen LogP contribution in [0.2, 0.25) is 0 Å². The number of anilines is 1. The van der Waals surface area contributed by atoms with E-state index in [9.17, 15) is 22.4 Å². The molecular weight excluding hydrogens is 476 g/mol. The van der Waals surface area contributed by atoms with Crippen molar-refractivity contribution in [2.24, 2.45) is 4.99 Å². The SMILES string of the molecule is O=C(Nc1cccc(F)c1)N1CCCN(C2=Nc3cc(C(F)(F)F)ccc3Oc3ccccc32)CC1. The summed E-state index contributed by atoms with van der Waals surface area (Å²) in [5.74, 6) is 0.753. The van der Waals surface area contributed by atoms with Crippen molar-refractivity contribution in [3.63, 3.8) is 0 Å². The maximum absolute atomic E-state index is 13.5. The number of amidine groups is 1. The van der Waals surface area contributed by atoms with Crippen LogP contribution in [0.15, 0.2) is 71.7 Å². The molecule has 5 rings (SSSR count). The molecular formula is C26H22F4N4O2. The Bertz CT molecular complexity index is 1330. The third kappa shape index (κ3) is 4.98. The fourth-order valence-electron chi connectivity index (χ4n) is 4.24. The molecule has 2 aliphatic rings. The van der Waals surface area contributed by atoms with Gasteiger partial charge in [-0.2, -0.15) is 13.2 Å². The van der Waals surface area contributed by atoms with Crippen LogP contribution in [0, 0.1) is 5.82 Å². The smallest absolute Gasteiger partial charge is 0.416 e. The number of carbonyl (C=O) groups is 1. The number of amides is 2. The van der Waals surface area contributed by atoms with Crippen LogP contribution in [0.5, 0.6) is 11.5 Å². The molecule has 1 saturated heterocycles. The number of halogens is 4. The van der Waals surface area contributed by atoms with E-state index in [4.69, 9.17) is 4.74 Å². The summed E-state index contributed by atoms with van der Waals surface area (Å²) in [6.07, 6.45) is -3.91. The van der Waals surface area contributed by atoms with Gasteiger partial charge in [-0.25, -0.2) is 14.2 Å². The Morgan fingerprint density at radius 1 is 0.917 bits per heavy atom. The molecule has 0 unspecified atom stereocenters. The van der Waals surface area contributed by atoms with Gasteiger partial charge >= 0.3 is 12.2 Å². The first-order chi connectivity index (χ1) is 17.3. The van der Waals surface area contributed by atoms with E-state index < -0.39 is 17.6 Å². The lowest BCUT2D eigenvalue weighted by molar-refractivity contribution is -0.137. The number of ether oxygens (including phenoxy) is 1. The summed E-state index contributed by atoms with van der Waals surface area (Å²) < 4.78 is 59.5.